The van der Waals surface area contributed by atoms with E-state index >= 15 is 0 Å². The summed E-state index contributed by atoms with van der Waals surface area (Å²) in [4.78, 5) is 13.3. The largest absolute Gasteiger partial charge is 0.464 e. The van der Waals surface area contributed by atoms with Crippen LogP contribution in [0.25, 0.3) is 0 Å². The van der Waals surface area contributed by atoms with E-state index in [1.165, 1.54) is 49.7 Å². The van der Waals surface area contributed by atoms with E-state index in [0.29, 0.717) is 18.6 Å². The number of rotatable bonds is 4. The van der Waals surface area contributed by atoms with Gasteiger partial charge < -0.3 is 9.22 Å². The quantitative estimate of drug-likeness (QED) is 0.527. The van der Waals surface area contributed by atoms with E-state index in [-0.39, 0.29) is 5.97 Å². The van der Waals surface area contributed by atoms with Crippen LogP contribution in [-0.2, 0) is 14.9 Å². The van der Waals surface area contributed by atoms with Crippen LogP contribution in [-0.4, -0.2) is 43.2 Å². The van der Waals surface area contributed by atoms with Crippen LogP contribution >= 0.6 is 11.6 Å². The smallest absolute Gasteiger partial charge is 0.316 e. The molecule has 2 aliphatic heterocycles. The summed E-state index contributed by atoms with van der Waals surface area (Å²) in [5.74, 6) is 0.523. The van der Waals surface area contributed by atoms with Crippen LogP contribution in [0.4, 0.5) is 0 Å². The molecule has 0 radical (unpaired) electrons. The van der Waals surface area contributed by atoms with Gasteiger partial charge in [-0.25, -0.2) is 0 Å². The third kappa shape index (κ3) is 3.65. The van der Waals surface area contributed by atoms with Crippen molar-refractivity contribution < 1.29 is 14.0 Å². The van der Waals surface area contributed by atoms with Crippen molar-refractivity contribution >= 4 is 17.6 Å². The third-order valence-electron chi connectivity index (χ3n) is 7.68. The van der Waals surface area contributed by atoms with Gasteiger partial charge in [0.1, 0.15) is 0 Å². The zero-order chi connectivity index (χ0) is 18.9. The highest BCUT2D eigenvalue weighted by atomic mass is 35.5. The summed E-state index contributed by atoms with van der Waals surface area (Å²) in [6.45, 7) is 3.19. The molecule has 1 saturated carbocycles. The van der Waals surface area contributed by atoms with E-state index < -0.39 is 5.41 Å². The number of carbonyl (C=O) groups is 1. The van der Waals surface area contributed by atoms with Crippen molar-refractivity contribution in [2.75, 3.05) is 26.7 Å². The Kier molecular flexibility index (Phi) is 5.53. The summed E-state index contributed by atoms with van der Waals surface area (Å²) in [6, 6.07) is 8.51. The molecule has 0 aromatic heterocycles. The molecule has 3 atom stereocenters. The third-order valence-corrected chi connectivity index (χ3v) is 7.93. The van der Waals surface area contributed by atoms with Gasteiger partial charge in [-0.3, -0.25) is 4.79 Å². The molecule has 0 amide bonds. The minimum atomic E-state index is -0.454. The molecule has 0 N–H and O–H groups in total. The van der Waals surface area contributed by atoms with Crippen molar-refractivity contribution in [3.05, 3.63) is 34.9 Å². The second-order valence-electron chi connectivity index (χ2n) is 9.29. The molecular weight excluding hydrogens is 358 g/mol. The molecule has 2 saturated heterocycles. The van der Waals surface area contributed by atoms with E-state index in [1.807, 2.05) is 24.3 Å². The Bertz CT molecular complexity index is 663. The Morgan fingerprint density at radius 2 is 1.78 bits per heavy atom. The van der Waals surface area contributed by atoms with Crippen LogP contribution in [0.5, 0.6) is 0 Å². The topological polar surface area (TPSA) is 26.3 Å². The molecule has 27 heavy (non-hydrogen) atoms. The highest BCUT2D eigenvalue weighted by Gasteiger charge is 2.47. The summed E-state index contributed by atoms with van der Waals surface area (Å²) in [5.41, 5.74) is 0.626. The number of esters is 1. The van der Waals surface area contributed by atoms with Crippen LogP contribution in [0.2, 0.25) is 5.02 Å². The van der Waals surface area contributed by atoms with Crippen LogP contribution in [0, 0.1) is 5.92 Å². The minimum Gasteiger partial charge on any atom is -0.464 e. The van der Waals surface area contributed by atoms with Crippen molar-refractivity contribution in [3.8, 4) is 0 Å². The highest BCUT2D eigenvalue weighted by molar-refractivity contribution is 6.30. The minimum absolute atomic E-state index is 0.00194. The Hall–Kier alpha value is -1.06. The maximum Gasteiger partial charge on any atom is 0.316 e. The molecule has 3 fully saturated rings. The maximum absolute atomic E-state index is 13.3. The molecule has 0 spiro atoms. The maximum atomic E-state index is 13.3. The van der Waals surface area contributed by atoms with E-state index in [2.05, 4.69) is 7.05 Å². The molecule has 148 valence electrons. The first-order chi connectivity index (χ1) is 13.0. The average molecular weight is 391 g/mol. The summed E-state index contributed by atoms with van der Waals surface area (Å²) >= 11 is 6.07. The number of carbonyl (C=O) groups excluding carboxylic acids is 1. The summed E-state index contributed by atoms with van der Waals surface area (Å²) < 4.78 is 7.26. The first-order valence-corrected chi connectivity index (χ1v) is 11.2. The van der Waals surface area contributed by atoms with Gasteiger partial charge in [-0.15, -0.1) is 0 Å². The van der Waals surface area contributed by atoms with Gasteiger partial charge in [-0.1, -0.05) is 36.6 Å². The molecule has 2 heterocycles. The lowest BCUT2D eigenvalue weighted by Gasteiger charge is -2.51. The van der Waals surface area contributed by atoms with Crippen LogP contribution < -0.4 is 0 Å². The SMILES string of the molecule is C[N@@+]12CCCC[C@@H]1[C@H](COC(=O)C1(c3ccc(Cl)cc3)CCCC1)CCC2. The van der Waals surface area contributed by atoms with E-state index in [9.17, 15) is 4.79 Å². The van der Waals surface area contributed by atoms with Crippen molar-refractivity contribution in [2.45, 2.75) is 69.2 Å². The van der Waals surface area contributed by atoms with Crippen molar-refractivity contribution in [1.82, 2.24) is 0 Å². The number of fused-ring (bicyclic) bond motifs is 1. The van der Waals surface area contributed by atoms with Gasteiger partial charge in [0.2, 0.25) is 0 Å². The van der Waals surface area contributed by atoms with Crippen LogP contribution in [0.15, 0.2) is 24.3 Å². The summed E-state index contributed by atoms with van der Waals surface area (Å²) in [6.07, 6.45) is 10.4. The van der Waals surface area contributed by atoms with Crippen molar-refractivity contribution in [1.29, 1.82) is 0 Å². The molecular formula is C23H33ClNO2+. The lowest BCUT2D eigenvalue weighted by atomic mass is 9.78. The van der Waals surface area contributed by atoms with Gasteiger partial charge >= 0.3 is 5.97 Å². The first kappa shape index (κ1) is 19.3. The Balaban J connectivity index is 1.46. The van der Waals surface area contributed by atoms with Crippen molar-refractivity contribution in [3.63, 3.8) is 0 Å². The fraction of sp³-hybridized carbons (Fsp3) is 0.696. The van der Waals surface area contributed by atoms with Gasteiger partial charge in [0.25, 0.3) is 0 Å². The molecule has 0 bridgehead atoms. The molecule has 1 aromatic rings. The van der Waals surface area contributed by atoms with Gasteiger partial charge in [0, 0.05) is 17.4 Å². The van der Waals surface area contributed by atoms with Crippen LogP contribution in [0.1, 0.15) is 63.4 Å². The fourth-order valence-electron chi connectivity index (χ4n) is 6.11. The molecule has 3 nitrogen and oxygen atoms in total. The summed E-state index contributed by atoms with van der Waals surface area (Å²) in [7, 11) is 2.42. The second kappa shape index (κ2) is 7.75. The fourth-order valence-corrected chi connectivity index (χ4v) is 6.23. The molecule has 1 aliphatic carbocycles. The van der Waals surface area contributed by atoms with Gasteiger partial charge in [0.05, 0.1) is 38.2 Å². The zero-order valence-electron chi connectivity index (χ0n) is 16.6. The second-order valence-corrected chi connectivity index (χ2v) is 9.72. The number of hydrogen-bond acceptors (Lipinski definition) is 2. The van der Waals surface area contributed by atoms with E-state index in [1.54, 1.807) is 0 Å². The Morgan fingerprint density at radius 1 is 1.07 bits per heavy atom. The zero-order valence-corrected chi connectivity index (χ0v) is 17.3. The number of halogens is 1. The highest BCUT2D eigenvalue weighted by Crippen LogP contribution is 2.43. The summed E-state index contributed by atoms with van der Waals surface area (Å²) in [5, 5.41) is 0.719. The number of benzene rings is 1. The normalized spacial score (nSPS) is 32.7. The van der Waals surface area contributed by atoms with Gasteiger partial charge in [0.15, 0.2) is 0 Å². The first-order valence-electron chi connectivity index (χ1n) is 10.8. The molecule has 4 heteroatoms. The predicted molar refractivity (Wildman–Crippen MR) is 109 cm³/mol. The average Bonchev–Trinajstić information content (AvgIpc) is 3.17. The Morgan fingerprint density at radius 3 is 2.52 bits per heavy atom. The molecule has 4 rings (SSSR count). The van der Waals surface area contributed by atoms with E-state index in [0.717, 1.165) is 36.3 Å². The van der Waals surface area contributed by atoms with Gasteiger partial charge in [-0.05, 0) is 56.2 Å². The number of ether oxygens (including phenoxy) is 1. The predicted octanol–water partition coefficient (Wildman–Crippen LogP) is 5.10. The number of quaternary nitrogens is 1. The van der Waals surface area contributed by atoms with Crippen LogP contribution in [0.3, 0.4) is 0 Å². The number of hydrogen-bond donors (Lipinski definition) is 0. The standard InChI is InChI=1S/C23H33ClNO2/c1-25-15-5-2-8-21(25)18(7-6-16-25)17-27-22(26)23(13-3-4-14-23)19-9-11-20(24)12-10-19/h9-12,18,21H,2-8,13-17H2,1H3/q+1/t18-,21+,25-/m0/s1. The molecule has 1 aromatic carbocycles. The molecule has 3 aliphatic rings. The Labute approximate surface area is 168 Å². The number of piperidine rings is 2. The number of nitrogens with zero attached hydrogens (tertiary/aromatic N) is 1. The lowest BCUT2D eigenvalue weighted by molar-refractivity contribution is -0.947. The van der Waals surface area contributed by atoms with E-state index in [4.69, 9.17) is 16.3 Å². The molecule has 0 unspecified atom stereocenters. The van der Waals surface area contributed by atoms with Gasteiger partial charge in [-0.2, -0.15) is 0 Å². The van der Waals surface area contributed by atoms with Crippen molar-refractivity contribution in [2.24, 2.45) is 5.92 Å². The monoisotopic (exact) mass is 390 g/mol. The lowest BCUT2D eigenvalue weighted by Crippen LogP contribution is -2.61.